The number of fused-ring (bicyclic) bond motifs is 21. The molecule has 0 bridgehead atoms. The Morgan fingerprint density at radius 2 is 0.547 bits per heavy atom. The van der Waals surface area contributed by atoms with Crippen molar-refractivity contribution in [1.29, 1.82) is 0 Å². The van der Waals surface area contributed by atoms with Crippen LogP contribution in [-0.2, 0) is 21.1 Å². The van der Waals surface area contributed by atoms with Crippen LogP contribution < -0.4 is 0 Å². The smallest absolute Gasteiger partial charge is 0.167 e. The van der Waals surface area contributed by atoms with E-state index in [1.807, 2.05) is 25.6 Å². The van der Waals surface area contributed by atoms with Crippen LogP contribution in [0.25, 0.3) is 188 Å². The number of aromatic nitrogens is 17. The van der Waals surface area contributed by atoms with E-state index < -0.39 is 0 Å². The monoisotopic (exact) mass is 1950 g/mol. The van der Waals surface area contributed by atoms with Crippen molar-refractivity contribution in [2.45, 2.75) is 176 Å². The fourth-order valence-corrected chi connectivity index (χ4v) is 22.7. The summed E-state index contributed by atoms with van der Waals surface area (Å²) < 4.78 is 20.6. The van der Waals surface area contributed by atoms with E-state index in [4.69, 9.17) is 15.1 Å². The van der Waals surface area contributed by atoms with Crippen molar-refractivity contribution >= 4 is 154 Å². The van der Waals surface area contributed by atoms with Gasteiger partial charge in [0.05, 0.1) is 100 Å². The zero-order valence-electron chi connectivity index (χ0n) is 86.2. The molecule has 27 rings (SSSR count). The highest BCUT2D eigenvalue weighted by atomic mass is 15.3. The number of aromatic amines is 5. The third-order valence-electron chi connectivity index (χ3n) is 29.5. The maximum Gasteiger partial charge on any atom is 0.167 e. The molecule has 0 saturated heterocycles. The summed E-state index contributed by atoms with van der Waals surface area (Å²) in [6.07, 6.45) is 2.12. The SMILES string of the molecule is C.C.C.C.C.Cc1c(C)n(C)c2c1c1ccccc1n2C.Cc1cc2c([nH]1)c1ccccc1n2-c1c(C)cccc1C.Cc1cc2c3ccccc3n(-c3c(C)cccc3C)c2[nH]1.Cc1cccc(C)c1-n1c2ccccc2c2c(C)n(C)nc21.Cc1cccc(C)c1-n1c2ccccc2c2c[nH]c(C)c21.Cc1nc2c([nH]1)c1ccccc1n2-c1c(C)cccc1C.Cc1nc2c([nH]1)c1ccccc1n2-c1c(C)cccc1C. The normalized spacial score (nSPS) is 11.2. The van der Waals surface area contributed by atoms with Gasteiger partial charge in [-0.05, 0) is 265 Å². The lowest BCUT2D eigenvalue weighted by Gasteiger charge is -2.14. The third kappa shape index (κ3) is 17.4. The molecule has 0 amide bonds. The topological polar surface area (TPSA) is 162 Å². The van der Waals surface area contributed by atoms with E-state index in [2.05, 4.69) is 498 Å². The predicted molar refractivity (Wildman–Crippen MR) is 637 cm³/mol. The van der Waals surface area contributed by atoms with Gasteiger partial charge >= 0.3 is 0 Å². The number of nitrogens with one attached hydrogen (secondary N) is 5. The second-order valence-corrected chi connectivity index (χ2v) is 39.2. The highest BCUT2D eigenvalue weighted by Crippen LogP contribution is 2.43. The Kier molecular flexibility index (Phi) is 29.1. The number of hydrogen-bond donors (Lipinski definition) is 5. The first-order valence-electron chi connectivity index (χ1n) is 49.5. The minimum absolute atomic E-state index is 0. The molecule has 0 aliphatic rings. The largest absolute Gasteiger partial charge is 0.363 e. The maximum atomic E-state index is 4.79. The van der Waals surface area contributed by atoms with Crippen molar-refractivity contribution in [3.05, 3.63) is 410 Å². The first kappa shape index (κ1) is 104. The van der Waals surface area contributed by atoms with Crippen molar-refractivity contribution in [3.8, 4) is 34.1 Å². The summed E-state index contributed by atoms with van der Waals surface area (Å²) in [6, 6.07) is 103. The summed E-state index contributed by atoms with van der Waals surface area (Å²) in [5, 5.41) is 19.0. The van der Waals surface area contributed by atoms with E-state index >= 15 is 0 Å². The number of hydrogen-bond acceptors (Lipinski definition) is 3. The summed E-state index contributed by atoms with van der Waals surface area (Å²) in [4.78, 5) is 26.6. The molecule has 14 heterocycles. The fourth-order valence-electron chi connectivity index (χ4n) is 22.7. The second kappa shape index (κ2) is 41.4. The van der Waals surface area contributed by atoms with Crippen LogP contribution in [0.3, 0.4) is 0 Å². The van der Waals surface area contributed by atoms with Gasteiger partial charge < -0.3 is 43.2 Å². The minimum atomic E-state index is 0. The Labute approximate surface area is 869 Å². The molecule has 148 heavy (non-hydrogen) atoms. The molecule has 0 saturated carbocycles. The molecule has 13 aromatic carbocycles. The van der Waals surface area contributed by atoms with E-state index in [1.54, 1.807) is 0 Å². The molecule has 5 N–H and O–H groups in total. The van der Waals surface area contributed by atoms with E-state index in [0.29, 0.717) is 0 Å². The molecule has 17 heteroatoms. The average Bonchev–Trinajstić information content (AvgIpc) is 1.96. The van der Waals surface area contributed by atoms with Crippen LogP contribution in [0.15, 0.2) is 297 Å². The van der Waals surface area contributed by atoms with Crippen LogP contribution in [0.4, 0.5) is 0 Å². The fraction of sp³-hybridized carbons (Fsp3) is 0.214. The first-order valence-corrected chi connectivity index (χ1v) is 49.5. The number of nitrogens with zero attached hydrogens (tertiary/aromatic N) is 12. The van der Waals surface area contributed by atoms with Gasteiger partial charge in [0.1, 0.15) is 22.9 Å². The van der Waals surface area contributed by atoms with E-state index in [9.17, 15) is 0 Å². The maximum absolute atomic E-state index is 4.79. The average molecular weight is 1960 g/mol. The Balaban J connectivity index is 0.000000123. The molecule has 752 valence electrons. The Hall–Kier alpha value is -16.8. The van der Waals surface area contributed by atoms with Crippen LogP contribution in [0.1, 0.15) is 150 Å². The van der Waals surface area contributed by atoms with Crippen LogP contribution >= 0.6 is 0 Å². The van der Waals surface area contributed by atoms with Gasteiger partial charge in [0.15, 0.2) is 16.9 Å². The third-order valence-corrected chi connectivity index (χ3v) is 29.5. The summed E-state index contributed by atoms with van der Waals surface area (Å²) in [7, 11) is 6.30. The van der Waals surface area contributed by atoms with Gasteiger partial charge in [-0.3, -0.25) is 23.0 Å². The molecule has 0 fully saturated rings. The van der Waals surface area contributed by atoms with Crippen LogP contribution in [0.5, 0.6) is 0 Å². The standard InChI is InChI=1S/C19H19N3.3C19H18N2.2C18H17N3.C14H16N2.5CH4/c1-12-8-7-9-13(2)18(12)22-16-11-6-5-10-15(16)17-14(3)21(4)20-19(17)22;1-12-7-6-8-13(2)18(12)21-17-10-5-4-9-15(17)16-11-20-14(3)19(16)21;1-12-7-6-8-13(2)18(12)21-17-10-5-4-9-15(17)16-11-14(3)20-19(16)21;1-12-7-6-8-13(2)19(12)21-16-10-5-4-9-15(16)18-17(21)11-14(3)20-18;2*1-11-7-6-8-12(2)17(11)21-15-10-5-4-9-14(15)16-18(21)20-13(3)19-16;1-9-10(2)15(3)14-13(9)11-7-5-6-8-12(11)16(14)4;;;;;/h5-11H,1-4H3;3*4-11,20H,1-3H3;2*4-10H,1-3H3,(H,19,20);5-8H,1-4H3;5*1H4. The molecule has 0 aliphatic carbocycles. The molecule has 0 unspecified atom stereocenters. The van der Waals surface area contributed by atoms with Crippen molar-refractivity contribution < 1.29 is 0 Å². The van der Waals surface area contributed by atoms with Gasteiger partial charge in [-0.1, -0.05) is 274 Å². The molecule has 17 nitrogen and oxygen atoms in total. The molecule has 0 radical (unpaired) electrons. The summed E-state index contributed by atoms with van der Waals surface area (Å²) in [5.74, 6) is 1.90. The van der Waals surface area contributed by atoms with E-state index in [1.165, 1.54) is 261 Å². The second-order valence-electron chi connectivity index (χ2n) is 39.2. The van der Waals surface area contributed by atoms with Gasteiger partial charge in [-0.2, -0.15) is 5.10 Å². The van der Waals surface area contributed by atoms with Gasteiger partial charge in [0, 0.05) is 115 Å². The minimum Gasteiger partial charge on any atom is -0.363 e. The van der Waals surface area contributed by atoms with E-state index in [-0.39, 0.29) is 37.1 Å². The quantitative estimate of drug-likeness (QED) is 0.112. The lowest BCUT2D eigenvalue weighted by Crippen LogP contribution is -2.01. The molecular formula is C131H143N17. The Morgan fingerprint density at radius 1 is 0.236 bits per heavy atom. The van der Waals surface area contributed by atoms with Crippen LogP contribution in [-0.4, -0.2) is 81.2 Å². The summed E-state index contributed by atoms with van der Waals surface area (Å²) in [6.45, 7) is 43.0. The van der Waals surface area contributed by atoms with Crippen LogP contribution in [0.2, 0.25) is 0 Å². The Morgan fingerprint density at radius 3 is 0.966 bits per heavy atom. The van der Waals surface area contributed by atoms with Crippen molar-refractivity contribution in [1.82, 2.24) is 81.2 Å². The molecular weight excluding hydrogens is 1810 g/mol. The lowest BCUT2D eigenvalue weighted by atomic mass is 10.1. The van der Waals surface area contributed by atoms with Crippen molar-refractivity contribution in [2.75, 3.05) is 0 Å². The molecule has 0 spiro atoms. The number of para-hydroxylation sites is 13. The van der Waals surface area contributed by atoms with Gasteiger partial charge in [-0.25, -0.2) is 9.97 Å². The highest BCUT2D eigenvalue weighted by molar-refractivity contribution is 6.15. The summed E-state index contributed by atoms with van der Waals surface area (Å²) >= 11 is 0. The van der Waals surface area contributed by atoms with Gasteiger partial charge in [0.2, 0.25) is 0 Å². The summed E-state index contributed by atoms with van der Waals surface area (Å²) in [5.41, 5.74) is 50.8. The molecule has 14 aromatic heterocycles. The van der Waals surface area contributed by atoms with E-state index in [0.717, 1.165) is 39.6 Å². The number of H-pyrrole nitrogens is 5. The number of imidazole rings is 2. The lowest BCUT2D eigenvalue weighted by molar-refractivity contribution is 0.744. The van der Waals surface area contributed by atoms with Crippen molar-refractivity contribution in [2.24, 2.45) is 21.1 Å². The zero-order valence-corrected chi connectivity index (χ0v) is 86.2. The highest BCUT2D eigenvalue weighted by Gasteiger charge is 2.27. The number of rotatable bonds is 6. The molecule has 0 atom stereocenters. The van der Waals surface area contributed by atoms with Crippen LogP contribution in [0, 0.1) is 138 Å². The predicted octanol–water partition coefficient (Wildman–Crippen LogP) is 34.9. The van der Waals surface area contributed by atoms with Gasteiger partial charge in [0.25, 0.3) is 0 Å². The molecule has 0 aliphatic heterocycles. The number of benzene rings is 13. The zero-order chi connectivity index (χ0) is 99.7. The van der Waals surface area contributed by atoms with Gasteiger partial charge in [-0.15, -0.1) is 0 Å². The van der Waals surface area contributed by atoms with Crippen molar-refractivity contribution in [3.63, 3.8) is 0 Å². The number of aryl methyl sites for hydroxylation is 22. The first-order chi connectivity index (χ1) is 69.1. The molecule has 27 aromatic rings. The Bertz CT molecular complexity index is 8870.